The van der Waals surface area contributed by atoms with Crippen LogP contribution in [0, 0.1) is 10.6 Å². The maximum atomic E-state index is 13.8. The third-order valence-corrected chi connectivity index (χ3v) is 4.39. The molecule has 0 spiro atoms. The van der Waals surface area contributed by atoms with Gasteiger partial charge in [-0.1, -0.05) is 25.1 Å². The number of nitrogens with one attached hydrogen (secondary N) is 1. The van der Waals surface area contributed by atoms with Crippen LogP contribution in [0.3, 0.4) is 0 Å². The number of aromatic nitrogens is 3. The van der Waals surface area contributed by atoms with Gasteiger partial charge in [-0.25, -0.2) is 4.39 Å². The van der Waals surface area contributed by atoms with E-state index >= 15 is 0 Å². The molecule has 6 nitrogen and oxygen atoms in total. The van der Waals surface area contributed by atoms with Crippen LogP contribution < -0.4 is 9.47 Å². The molecule has 0 amide bonds. The number of hydrogen-bond acceptors (Lipinski definition) is 5. The third kappa shape index (κ3) is 5.29. The zero-order valence-corrected chi connectivity index (χ0v) is 17.2. The van der Waals surface area contributed by atoms with Gasteiger partial charge in [0.1, 0.15) is 12.4 Å². The zero-order chi connectivity index (χ0) is 20.6. The number of ether oxygens (including phenoxy) is 2. The van der Waals surface area contributed by atoms with E-state index in [0.29, 0.717) is 28.4 Å². The molecule has 1 heterocycles. The fourth-order valence-corrected chi connectivity index (χ4v) is 2.91. The number of nitrogens with zero attached hydrogens (tertiary/aromatic N) is 3. The van der Waals surface area contributed by atoms with Crippen molar-refractivity contribution in [2.24, 2.45) is 5.10 Å². The Labute approximate surface area is 174 Å². The predicted octanol–water partition coefficient (Wildman–Crippen LogP) is 4.89. The average molecular weight is 415 g/mol. The van der Waals surface area contributed by atoms with Crippen LogP contribution in [-0.2, 0) is 13.0 Å². The number of rotatable bonds is 9. The molecule has 1 aromatic heterocycles. The second kappa shape index (κ2) is 9.97. The fourth-order valence-electron chi connectivity index (χ4n) is 2.72. The van der Waals surface area contributed by atoms with Crippen molar-refractivity contribution in [2.45, 2.75) is 33.3 Å². The van der Waals surface area contributed by atoms with E-state index in [4.69, 9.17) is 21.7 Å². The molecule has 0 saturated carbocycles. The molecule has 0 aliphatic heterocycles. The van der Waals surface area contributed by atoms with Crippen LogP contribution in [0.1, 0.15) is 37.2 Å². The van der Waals surface area contributed by atoms with Gasteiger partial charge < -0.3 is 9.47 Å². The van der Waals surface area contributed by atoms with Crippen LogP contribution in [-0.4, -0.2) is 27.7 Å². The molecule has 3 rings (SSSR count). The van der Waals surface area contributed by atoms with Crippen molar-refractivity contribution < 1.29 is 13.9 Å². The number of halogens is 1. The molecule has 0 aliphatic carbocycles. The van der Waals surface area contributed by atoms with Crippen LogP contribution in [0.4, 0.5) is 4.39 Å². The van der Waals surface area contributed by atoms with Gasteiger partial charge in [0.2, 0.25) is 4.77 Å². The molecule has 1 N–H and O–H groups in total. The second-order valence-electron chi connectivity index (χ2n) is 6.27. The molecule has 0 bridgehead atoms. The van der Waals surface area contributed by atoms with Gasteiger partial charge in [0, 0.05) is 12.0 Å². The van der Waals surface area contributed by atoms with Crippen molar-refractivity contribution in [1.29, 1.82) is 0 Å². The van der Waals surface area contributed by atoms with Gasteiger partial charge in [-0.3, -0.25) is 5.10 Å². The van der Waals surface area contributed by atoms with E-state index in [-0.39, 0.29) is 12.4 Å². The minimum atomic E-state index is -0.297. The summed E-state index contributed by atoms with van der Waals surface area (Å²) in [7, 11) is 0. The van der Waals surface area contributed by atoms with E-state index in [9.17, 15) is 4.39 Å². The molecule has 0 radical (unpaired) electrons. The molecule has 0 atom stereocenters. The summed E-state index contributed by atoms with van der Waals surface area (Å²) in [6.45, 7) is 4.55. The SMILES string of the molecule is CCCc1n[nH]c(=S)n1/N=C\c1ccc(OCc2ccccc2F)c(OCC)c1. The first-order valence-corrected chi connectivity index (χ1v) is 9.86. The summed E-state index contributed by atoms with van der Waals surface area (Å²) in [5.41, 5.74) is 1.30. The highest BCUT2D eigenvalue weighted by Crippen LogP contribution is 2.29. The van der Waals surface area contributed by atoms with Crippen molar-refractivity contribution in [1.82, 2.24) is 14.9 Å². The number of hydrogen-bond donors (Lipinski definition) is 1. The lowest BCUT2D eigenvalue weighted by atomic mass is 10.2. The minimum Gasteiger partial charge on any atom is -0.490 e. The Morgan fingerprint density at radius 2 is 2.00 bits per heavy atom. The first-order valence-electron chi connectivity index (χ1n) is 9.46. The summed E-state index contributed by atoms with van der Waals surface area (Å²) in [4.78, 5) is 0. The Morgan fingerprint density at radius 3 is 2.76 bits per heavy atom. The Kier molecular flexibility index (Phi) is 7.13. The van der Waals surface area contributed by atoms with E-state index in [1.54, 1.807) is 35.2 Å². The van der Waals surface area contributed by atoms with Crippen LogP contribution in [0.15, 0.2) is 47.6 Å². The maximum Gasteiger partial charge on any atom is 0.216 e. The lowest BCUT2D eigenvalue weighted by Crippen LogP contribution is -2.02. The Balaban J connectivity index is 1.80. The van der Waals surface area contributed by atoms with E-state index in [0.717, 1.165) is 24.2 Å². The van der Waals surface area contributed by atoms with E-state index in [2.05, 4.69) is 22.2 Å². The highest BCUT2D eigenvalue weighted by molar-refractivity contribution is 7.71. The van der Waals surface area contributed by atoms with Crippen molar-refractivity contribution in [3.63, 3.8) is 0 Å². The summed E-state index contributed by atoms with van der Waals surface area (Å²) in [5.74, 6) is 1.59. The zero-order valence-electron chi connectivity index (χ0n) is 16.4. The van der Waals surface area contributed by atoms with Crippen LogP contribution in [0.25, 0.3) is 0 Å². The summed E-state index contributed by atoms with van der Waals surface area (Å²) < 4.78 is 27.3. The molecule has 0 saturated heterocycles. The predicted molar refractivity (Wildman–Crippen MR) is 113 cm³/mol. The number of aromatic amines is 1. The lowest BCUT2D eigenvalue weighted by Gasteiger charge is -2.13. The molecule has 0 fully saturated rings. The van der Waals surface area contributed by atoms with E-state index in [1.165, 1.54) is 6.07 Å². The average Bonchev–Trinajstić information content (AvgIpc) is 3.07. The highest BCUT2D eigenvalue weighted by atomic mass is 32.1. The molecule has 0 aliphatic rings. The molecule has 29 heavy (non-hydrogen) atoms. The smallest absolute Gasteiger partial charge is 0.216 e. The summed E-state index contributed by atoms with van der Waals surface area (Å²) in [6, 6.07) is 12.0. The van der Waals surface area contributed by atoms with Gasteiger partial charge in [0.05, 0.1) is 12.8 Å². The monoisotopic (exact) mass is 414 g/mol. The van der Waals surface area contributed by atoms with Gasteiger partial charge in [-0.15, -0.1) is 0 Å². The molecular formula is C21H23FN4O2S. The van der Waals surface area contributed by atoms with Gasteiger partial charge >= 0.3 is 0 Å². The number of aryl methyl sites for hydroxylation is 1. The van der Waals surface area contributed by atoms with Crippen molar-refractivity contribution in [2.75, 3.05) is 6.61 Å². The minimum absolute atomic E-state index is 0.116. The summed E-state index contributed by atoms with van der Waals surface area (Å²) in [5, 5.41) is 11.4. The Morgan fingerprint density at radius 1 is 1.17 bits per heavy atom. The molecule has 152 valence electrons. The standard InChI is InChI=1S/C21H23FN4O2S/c1-3-7-20-24-25-21(29)26(20)23-13-15-10-11-18(19(12-15)27-4-2)28-14-16-8-5-6-9-17(16)22/h5-6,8-13H,3-4,7,14H2,1-2H3,(H,25,29)/b23-13-. The quantitative estimate of drug-likeness (QED) is 0.400. The van der Waals surface area contributed by atoms with Gasteiger partial charge in [-0.2, -0.15) is 14.9 Å². The van der Waals surface area contributed by atoms with E-state index < -0.39 is 0 Å². The summed E-state index contributed by atoms with van der Waals surface area (Å²) in [6.07, 6.45) is 3.41. The Hall–Kier alpha value is -3.00. The highest BCUT2D eigenvalue weighted by Gasteiger charge is 2.09. The first-order chi connectivity index (χ1) is 14.1. The van der Waals surface area contributed by atoms with Gasteiger partial charge in [0.25, 0.3) is 0 Å². The molecule has 8 heteroatoms. The summed E-state index contributed by atoms with van der Waals surface area (Å²) >= 11 is 5.24. The number of H-pyrrole nitrogens is 1. The van der Waals surface area contributed by atoms with Crippen LogP contribution in [0.5, 0.6) is 11.5 Å². The molecule has 3 aromatic rings. The lowest BCUT2D eigenvalue weighted by molar-refractivity contribution is 0.266. The Bertz CT molecular complexity index is 1050. The molecule has 2 aromatic carbocycles. The van der Waals surface area contributed by atoms with E-state index in [1.807, 2.05) is 19.1 Å². The topological polar surface area (TPSA) is 64.4 Å². The molecular weight excluding hydrogens is 391 g/mol. The van der Waals surface area contributed by atoms with Crippen LogP contribution >= 0.6 is 12.2 Å². The first kappa shape index (κ1) is 20.7. The second-order valence-corrected chi connectivity index (χ2v) is 6.66. The largest absolute Gasteiger partial charge is 0.490 e. The molecule has 0 unspecified atom stereocenters. The normalized spacial score (nSPS) is 11.1. The van der Waals surface area contributed by atoms with Gasteiger partial charge in [0.15, 0.2) is 17.3 Å². The maximum absolute atomic E-state index is 13.8. The van der Waals surface area contributed by atoms with Crippen molar-refractivity contribution in [3.05, 3.63) is 70.0 Å². The van der Waals surface area contributed by atoms with Gasteiger partial charge in [-0.05, 0) is 55.4 Å². The number of benzene rings is 2. The van der Waals surface area contributed by atoms with Crippen molar-refractivity contribution >= 4 is 18.4 Å². The van der Waals surface area contributed by atoms with Crippen LogP contribution in [0.2, 0.25) is 0 Å². The van der Waals surface area contributed by atoms with Crippen molar-refractivity contribution in [3.8, 4) is 11.5 Å². The fraction of sp³-hybridized carbons (Fsp3) is 0.286. The third-order valence-electron chi connectivity index (χ3n) is 4.12.